The first-order valence-corrected chi connectivity index (χ1v) is 10.5. The molecule has 7 nitrogen and oxygen atoms in total. The van der Waals surface area contributed by atoms with Crippen LogP contribution in [0.15, 0.2) is 35.1 Å². The van der Waals surface area contributed by atoms with Crippen LogP contribution in [-0.2, 0) is 30.1 Å². The smallest absolute Gasteiger partial charge is 0.267 e. The molecule has 1 aliphatic heterocycles. The van der Waals surface area contributed by atoms with E-state index < -0.39 is 10.2 Å². The van der Waals surface area contributed by atoms with Gasteiger partial charge >= 0.3 is 0 Å². The Kier molecular flexibility index (Phi) is 4.28. The highest BCUT2D eigenvalue weighted by molar-refractivity contribution is 7.90. The van der Waals surface area contributed by atoms with Gasteiger partial charge in [-0.05, 0) is 60.7 Å². The van der Waals surface area contributed by atoms with Gasteiger partial charge in [-0.3, -0.25) is 9.10 Å². The van der Waals surface area contributed by atoms with Gasteiger partial charge in [0, 0.05) is 25.4 Å². The third-order valence-corrected chi connectivity index (χ3v) is 6.41. The molecule has 2 heterocycles. The molecule has 2 N–H and O–H groups in total. The van der Waals surface area contributed by atoms with Gasteiger partial charge in [0.1, 0.15) is 0 Å². The fourth-order valence-corrected chi connectivity index (χ4v) is 4.61. The highest BCUT2D eigenvalue weighted by Crippen LogP contribution is 2.31. The van der Waals surface area contributed by atoms with Gasteiger partial charge in [0.15, 0.2) is 0 Å². The summed E-state index contributed by atoms with van der Waals surface area (Å²) >= 11 is 0. The molecule has 146 valence electrons. The molecule has 4 rings (SSSR count). The van der Waals surface area contributed by atoms with Gasteiger partial charge in [-0.15, -0.1) is 0 Å². The maximum atomic E-state index is 12.5. The first-order chi connectivity index (χ1) is 13.1. The molecular weight excluding hydrogens is 376 g/mol. The summed E-state index contributed by atoms with van der Waals surface area (Å²) < 4.78 is 26.0. The van der Waals surface area contributed by atoms with Crippen LogP contribution >= 0.6 is 0 Å². The standard InChI is InChI=1S/C20H22N4O3S/c1-12-8-16-17(9-13(12)2)20(25)23(3)22-18(16)11-14-4-5-19-15(10-14)6-7-24(19)28(21,26)27/h4-5,8-10H,6-7,11H2,1-3H3,(H2,21,26,27). The summed E-state index contributed by atoms with van der Waals surface area (Å²) in [4.78, 5) is 12.5. The van der Waals surface area contributed by atoms with Crippen molar-refractivity contribution in [2.75, 3.05) is 10.8 Å². The quantitative estimate of drug-likeness (QED) is 0.726. The van der Waals surface area contributed by atoms with Crippen LogP contribution in [0.5, 0.6) is 0 Å². The Morgan fingerprint density at radius 1 is 1.11 bits per heavy atom. The van der Waals surface area contributed by atoms with Gasteiger partial charge in [0.05, 0.1) is 16.8 Å². The second-order valence-corrected chi connectivity index (χ2v) is 8.84. The molecule has 0 aliphatic carbocycles. The molecule has 0 radical (unpaired) electrons. The molecule has 0 spiro atoms. The van der Waals surface area contributed by atoms with E-state index in [0.29, 0.717) is 30.5 Å². The predicted molar refractivity (Wildman–Crippen MR) is 110 cm³/mol. The van der Waals surface area contributed by atoms with Crippen LogP contribution < -0.4 is 15.0 Å². The number of fused-ring (bicyclic) bond motifs is 2. The van der Waals surface area contributed by atoms with E-state index in [4.69, 9.17) is 5.14 Å². The highest BCUT2D eigenvalue weighted by atomic mass is 32.2. The molecule has 0 amide bonds. The van der Waals surface area contributed by atoms with E-state index in [1.54, 1.807) is 13.1 Å². The van der Waals surface area contributed by atoms with Crippen molar-refractivity contribution in [2.24, 2.45) is 12.2 Å². The molecule has 1 aliphatic rings. The van der Waals surface area contributed by atoms with E-state index >= 15 is 0 Å². The molecule has 28 heavy (non-hydrogen) atoms. The van der Waals surface area contributed by atoms with Crippen LogP contribution in [0, 0.1) is 13.8 Å². The average molecular weight is 398 g/mol. The predicted octanol–water partition coefficient (Wildman–Crippen LogP) is 1.71. The molecular formula is C20H22N4O3S. The van der Waals surface area contributed by atoms with Gasteiger partial charge in [-0.25, -0.2) is 9.82 Å². The number of aryl methyl sites for hydroxylation is 3. The van der Waals surface area contributed by atoms with Crippen molar-refractivity contribution in [3.05, 3.63) is 68.6 Å². The maximum absolute atomic E-state index is 12.5. The number of anilines is 1. The van der Waals surface area contributed by atoms with Crippen LogP contribution in [-0.4, -0.2) is 24.7 Å². The summed E-state index contributed by atoms with van der Waals surface area (Å²) in [5.41, 5.74) is 5.49. The van der Waals surface area contributed by atoms with E-state index in [0.717, 1.165) is 33.3 Å². The fourth-order valence-electron chi connectivity index (χ4n) is 3.81. The van der Waals surface area contributed by atoms with E-state index in [2.05, 4.69) is 5.10 Å². The minimum Gasteiger partial charge on any atom is -0.267 e. The largest absolute Gasteiger partial charge is 0.299 e. The molecule has 0 unspecified atom stereocenters. The number of rotatable bonds is 3. The lowest BCUT2D eigenvalue weighted by molar-refractivity contribution is 0.594. The molecule has 2 aromatic carbocycles. The zero-order chi connectivity index (χ0) is 20.2. The molecule has 1 aromatic heterocycles. The summed E-state index contributed by atoms with van der Waals surface area (Å²) in [5, 5.41) is 11.3. The number of benzene rings is 2. The van der Waals surface area contributed by atoms with Crippen molar-refractivity contribution < 1.29 is 8.42 Å². The molecule has 0 bridgehead atoms. The summed E-state index contributed by atoms with van der Waals surface area (Å²) in [6.45, 7) is 4.37. The molecule has 3 aromatic rings. The first-order valence-electron chi connectivity index (χ1n) is 9.04. The zero-order valence-electron chi connectivity index (χ0n) is 16.1. The van der Waals surface area contributed by atoms with Crippen molar-refractivity contribution in [1.29, 1.82) is 0 Å². The summed E-state index contributed by atoms with van der Waals surface area (Å²) in [7, 11) is -2.09. The van der Waals surface area contributed by atoms with Crippen molar-refractivity contribution >= 4 is 26.7 Å². The van der Waals surface area contributed by atoms with E-state index in [1.165, 1.54) is 8.99 Å². The average Bonchev–Trinajstić information content (AvgIpc) is 3.05. The number of nitrogens with two attached hydrogens (primary N) is 1. The van der Waals surface area contributed by atoms with Crippen LogP contribution in [0.25, 0.3) is 10.8 Å². The van der Waals surface area contributed by atoms with E-state index in [1.807, 2.05) is 38.1 Å². The molecule has 0 saturated carbocycles. The number of aromatic nitrogens is 2. The minimum absolute atomic E-state index is 0.111. The lowest BCUT2D eigenvalue weighted by Crippen LogP contribution is -2.35. The summed E-state index contributed by atoms with van der Waals surface area (Å²) in [5.74, 6) is 0. The normalized spacial score (nSPS) is 13.9. The lowest BCUT2D eigenvalue weighted by Gasteiger charge is -2.16. The van der Waals surface area contributed by atoms with Crippen LogP contribution in [0.3, 0.4) is 0 Å². The Hall–Kier alpha value is -2.71. The van der Waals surface area contributed by atoms with Gasteiger partial charge in [0.2, 0.25) is 0 Å². The van der Waals surface area contributed by atoms with Crippen molar-refractivity contribution in [3.8, 4) is 0 Å². The third-order valence-electron chi connectivity index (χ3n) is 5.42. The minimum atomic E-state index is -3.75. The second kappa shape index (κ2) is 6.42. The maximum Gasteiger partial charge on any atom is 0.299 e. The van der Waals surface area contributed by atoms with Crippen LogP contribution in [0.1, 0.15) is 27.9 Å². The van der Waals surface area contributed by atoms with Crippen molar-refractivity contribution in [2.45, 2.75) is 26.7 Å². The SMILES string of the molecule is Cc1cc2c(Cc3ccc4c(c3)CCN4S(N)(=O)=O)nn(C)c(=O)c2cc1C. The monoisotopic (exact) mass is 398 g/mol. The van der Waals surface area contributed by atoms with Gasteiger partial charge in [-0.2, -0.15) is 13.5 Å². The lowest BCUT2D eigenvalue weighted by atomic mass is 9.99. The number of hydrogen-bond donors (Lipinski definition) is 1. The van der Waals surface area contributed by atoms with Crippen LogP contribution in [0.4, 0.5) is 5.69 Å². The second-order valence-electron chi connectivity index (χ2n) is 7.36. The van der Waals surface area contributed by atoms with Gasteiger partial charge in [-0.1, -0.05) is 12.1 Å². The van der Waals surface area contributed by atoms with E-state index in [-0.39, 0.29) is 5.56 Å². The molecule has 0 atom stereocenters. The van der Waals surface area contributed by atoms with Gasteiger partial charge < -0.3 is 0 Å². The highest BCUT2D eigenvalue weighted by Gasteiger charge is 2.26. The Balaban J connectivity index is 1.79. The number of hydrogen-bond acceptors (Lipinski definition) is 4. The molecule has 0 saturated heterocycles. The van der Waals surface area contributed by atoms with Crippen molar-refractivity contribution in [3.63, 3.8) is 0 Å². The Morgan fingerprint density at radius 3 is 2.46 bits per heavy atom. The number of nitrogens with zero attached hydrogens (tertiary/aromatic N) is 3. The topological polar surface area (TPSA) is 98.3 Å². The Morgan fingerprint density at radius 2 is 1.79 bits per heavy atom. The van der Waals surface area contributed by atoms with Crippen LogP contribution in [0.2, 0.25) is 0 Å². The zero-order valence-corrected chi connectivity index (χ0v) is 16.9. The van der Waals surface area contributed by atoms with Gasteiger partial charge in [0.25, 0.3) is 15.8 Å². The van der Waals surface area contributed by atoms with E-state index in [9.17, 15) is 13.2 Å². The Labute approximate surface area is 163 Å². The fraction of sp³-hybridized carbons (Fsp3) is 0.300. The summed E-state index contributed by atoms with van der Waals surface area (Å²) in [6, 6.07) is 9.62. The molecule has 8 heteroatoms. The Bertz CT molecular complexity index is 1280. The third kappa shape index (κ3) is 3.08. The summed E-state index contributed by atoms with van der Waals surface area (Å²) in [6.07, 6.45) is 1.18. The first kappa shape index (κ1) is 18.6. The van der Waals surface area contributed by atoms with Crippen molar-refractivity contribution in [1.82, 2.24) is 9.78 Å². The molecule has 0 fully saturated rings.